The lowest BCUT2D eigenvalue weighted by atomic mass is 9.49. The zero-order valence-electron chi connectivity index (χ0n) is 27.1. The molecule has 8 rings (SSSR count). The number of phenols is 1. The van der Waals surface area contributed by atoms with Crippen LogP contribution in [0.3, 0.4) is 0 Å². The molecule has 7 fully saturated rings. The van der Waals surface area contributed by atoms with Crippen LogP contribution in [0.2, 0.25) is 0 Å². The van der Waals surface area contributed by atoms with Crippen LogP contribution < -0.4 is 4.74 Å². The lowest BCUT2D eigenvalue weighted by Gasteiger charge is -2.63. The Balaban J connectivity index is 1.15. The van der Waals surface area contributed by atoms with Crippen molar-refractivity contribution in [2.45, 2.75) is 113 Å². The van der Waals surface area contributed by atoms with Crippen molar-refractivity contribution in [3.05, 3.63) is 23.8 Å². The van der Waals surface area contributed by atoms with E-state index in [1.807, 2.05) is 0 Å². The van der Waals surface area contributed by atoms with Crippen LogP contribution in [0.5, 0.6) is 11.5 Å². The molecule has 4 aliphatic carbocycles. The smallest absolute Gasteiger partial charge is 0.338 e. The number of esters is 1. The number of hydrogen-bond acceptors (Lipinski definition) is 11. The van der Waals surface area contributed by atoms with Gasteiger partial charge in [0.2, 0.25) is 5.79 Å². The fraction of sp³-hybridized carbons (Fsp3) is 0.800. The molecular formula is C35H49NO10. The average Bonchev–Trinajstić information content (AvgIpc) is 3.25. The average molecular weight is 644 g/mol. The second kappa shape index (κ2) is 9.80. The van der Waals surface area contributed by atoms with Crippen LogP contribution in [0.4, 0.5) is 0 Å². The number of benzene rings is 1. The highest BCUT2D eigenvalue weighted by Crippen LogP contribution is 2.77. The summed E-state index contributed by atoms with van der Waals surface area (Å²) in [5, 5.41) is 70.9. The van der Waals surface area contributed by atoms with E-state index in [0.29, 0.717) is 44.6 Å². The third-order valence-corrected chi connectivity index (χ3v) is 14.5. The van der Waals surface area contributed by atoms with Gasteiger partial charge in [0.25, 0.3) is 0 Å². The predicted molar refractivity (Wildman–Crippen MR) is 163 cm³/mol. The lowest BCUT2D eigenvalue weighted by molar-refractivity contribution is -0.290. The summed E-state index contributed by atoms with van der Waals surface area (Å²) < 4.78 is 18.0. The van der Waals surface area contributed by atoms with Crippen molar-refractivity contribution in [3.8, 4) is 11.5 Å². The Kier molecular flexibility index (Phi) is 6.67. The van der Waals surface area contributed by atoms with E-state index in [0.717, 1.165) is 19.4 Å². The molecule has 3 aliphatic heterocycles. The fourth-order valence-corrected chi connectivity index (χ4v) is 12.5. The lowest BCUT2D eigenvalue weighted by Crippen LogP contribution is -2.76. The van der Waals surface area contributed by atoms with Crippen molar-refractivity contribution < 1.29 is 49.6 Å². The van der Waals surface area contributed by atoms with E-state index < -0.39 is 70.0 Å². The number of aliphatic hydroxyl groups excluding tert-OH is 2. The van der Waals surface area contributed by atoms with Gasteiger partial charge in [-0.1, -0.05) is 13.8 Å². The molecule has 254 valence electrons. The standard InChI is InChI=1S/C35H49NO10/c1-17-5-10-25-32(3,41)27-19(16-36(25)15-17)20-14-33-24(34(20,42)29(39)28(27)38)9-8-23-31(33,2)12-11-26(35(23,43)46-33)45-30(40)18-6-7-21(37)22(13-18)44-4/h6-7,13,17,19-20,23-29,37-39,41-43H,5,8-12,14-16H2,1-4H3/t17-,19?,20?,23?,24?,25-,26-,27?,28+,29-,31-,32+,33-,34-,35+/m0/s1. The van der Waals surface area contributed by atoms with Crippen LogP contribution in [0.25, 0.3) is 0 Å². The molecule has 11 nitrogen and oxygen atoms in total. The van der Waals surface area contributed by atoms with E-state index in [9.17, 15) is 35.4 Å². The molecule has 15 atom stereocenters. The van der Waals surface area contributed by atoms with Crippen LogP contribution in [-0.2, 0) is 9.47 Å². The maximum atomic E-state index is 13.3. The first kappa shape index (κ1) is 31.3. The number of ether oxygens (including phenoxy) is 3. The number of methoxy groups -OCH3 is 1. The van der Waals surface area contributed by atoms with E-state index in [2.05, 4.69) is 18.7 Å². The quantitative estimate of drug-likeness (QED) is 0.266. The molecular weight excluding hydrogens is 594 g/mol. The molecule has 0 radical (unpaired) electrons. The van der Waals surface area contributed by atoms with Crippen molar-refractivity contribution >= 4 is 5.97 Å². The van der Waals surface area contributed by atoms with Gasteiger partial charge in [-0.2, -0.15) is 0 Å². The molecule has 6 N–H and O–H groups in total. The molecule has 11 heteroatoms. The number of piperidine rings is 2. The fourth-order valence-electron chi connectivity index (χ4n) is 12.5. The first-order valence-corrected chi connectivity index (χ1v) is 17.2. The zero-order valence-corrected chi connectivity index (χ0v) is 27.1. The number of carbonyl (C=O) groups excluding carboxylic acids is 1. The predicted octanol–water partition coefficient (Wildman–Crippen LogP) is 1.79. The van der Waals surface area contributed by atoms with E-state index in [1.54, 1.807) is 6.92 Å². The molecule has 5 unspecified atom stereocenters. The van der Waals surface area contributed by atoms with Gasteiger partial charge in [0.1, 0.15) is 11.7 Å². The summed E-state index contributed by atoms with van der Waals surface area (Å²) in [4.78, 5) is 15.7. The van der Waals surface area contributed by atoms with Crippen molar-refractivity contribution in [1.29, 1.82) is 0 Å². The number of phenolic OH excluding ortho intramolecular Hbond substituents is 1. The van der Waals surface area contributed by atoms with Crippen LogP contribution in [-0.4, -0.2) is 109 Å². The number of fused-ring (bicyclic) bond motifs is 5. The summed E-state index contributed by atoms with van der Waals surface area (Å²) in [7, 11) is 1.39. The van der Waals surface area contributed by atoms with Gasteiger partial charge in [-0.25, -0.2) is 4.79 Å². The summed E-state index contributed by atoms with van der Waals surface area (Å²) in [5.41, 5.74) is -4.38. The molecule has 7 aliphatic rings. The van der Waals surface area contributed by atoms with Gasteiger partial charge in [0, 0.05) is 42.3 Å². The number of carbonyl (C=O) groups is 1. The SMILES string of the molecule is COc1cc(C(=O)O[C@H]2CC[C@@]3(C)C4CCC5[C@@]6(O)C(C[C@]53O[C@]42O)C2CN3C[C@@H](C)CC[C@H]3[C@@](C)(O)C2[C@@H](O)[C@@H]6O)ccc1O. The van der Waals surface area contributed by atoms with E-state index in [1.165, 1.54) is 25.3 Å². The van der Waals surface area contributed by atoms with Gasteiger partial charge >= 0.3 is 5.97 Å². The van der Waals surface area contributed by atoms with Crippen molar-refractivity contribution in [1.82, 2.24) is 4.90 Å². The Morgan fingerprint density at radius 2 is 1.76 bits per heavy atom. The van der Waals surface area contributed by atoms with Gasteiger partial charge < -0.3 is 44.8 Å². The summed E-state index contributed by atoms with van der Waals surface area (Å²) >= 11 is 0. The number of rotatable bonds is 3. The van der Waals surface area contributed by atoms with Crippen LogP contribution >= 0.6 is 0 Å². The first-order chi connectivity index (χ1) is 21.6. The van der Waals surface area contributed by atoms with Gasteiger partial charge in [-0.05, 0) is 87.8 Å². The Morgan fingerprint density at radius 1 is 1.02 bits per heavy atom. The van der Waals surface area contributed by atoms with Gasteiger partial charge in [0.05, 0.1) is 30.0 Å². The van der Waals surface area contributed by atoms with Gasteiger partial charge in [0.15, 0.2) is 17.6 Å². The van der Waals surface area contributed by atoms with Crippen LogP contribution in [0.1, 0.15) is 76.1 Å². The second-order valence-electron chi connectivity index (χ2n) is 16.4. The molecule has 46 heavy (non-hydrogen) atoms. The molecule has 4 saturated carbocycles. The minimum Gasteiger partial charge on any atom is -0.504 e. The summed E-state index contributed by atoms with van der Waals surface area (Å²) in [5.74, 6) is -4.32. The molecule has 1 aromatic carbocycles. The van der Waals surface area contributed by atoms with E-state index in [4.69, 9.17) is 14.2 Å². The minimum atomic E-state index is -1.81. The molecule has 0 aromatic heterocycles. The molecule has 3 heterocycles. The van der Waals surface area contributed by atoms with Crippen LogP contribution in [0.15, 0.2) is 18.2 Å². The molecule has 1 spiro atoms. The maximum absolute atomic E-state index is 13.3. The topological polar surface area (TPSA) is 169 Å². The Hall–Kier alpha value is -1.99. The first-order valence-electron chi connectivity index (χ1n) is 17.2. The number of aromatic hydroxyl groups is 1. The van der Waals surface area contributed by atoms with Crippen molar-refractivity contribution in [3.63, 3.8) is 0 Å². The van der Waals surface area contributed by atoms with Crippen molar-refractivity contribution in [2.75, 3.05) is 20.2 Å². The van der Waals surface area contributed by atoms with Crippen LogP contribution in [0, 0.1) is 40.9 Å². The summed E-state index contributed by atoms with van der Waals surface area (Å²) in [6, 6.07) is 4.05. The van der Waals surface area contributed by atoms with Crippen molar-refractivity contribution in [2.24, 2.45) is 40.9 Å². The van der Waals surface area contributed by atoms with Gasteiger partial charge in [-0.15, -0.1) is 0 Å². The zero-order chi connectivity index (χ0) is 32.8. The monoisotopic (exact) mass is 643 g/mol. The summed E-state index contributed by atoms with van der Waals surface area (Å²) in [6.07, 6.45) is 0.301. The highest BCUT2D eigenvalue weighted by atomic mass is 16.7. The molecule has 0 amide bonds. The Labute approximate surface area is 269 Å². The van der Waals surface area contributed by atoms with Gasteiger partial charge in [-0.3, -0.25) is 4.90 Å². The Morgan fingerprint density at radius 3 is 2.50 bits per heavy atom. The third kappa shape index (κ3) is 3.66. The van der Waals surface area contributed by atoms with E-state index >= 15 is 0 Å². The second-order valence-corrected chi connectivity index (χ2v) is 16.4. The highest BCUT2D eigenvalue weighted by Gasteiger charge is 2.85. The normalized spacial score (nSPS) is 53.8. The number of aliphatic hydroxyl groups is 5. The molecule has 1 aromatic rings. The number of hydrogen-bond donors (Lipinski definition) is 6. The third-order valence-electron chi connectivity index (χ3n) is 14.5. The number of nitrogens with zero attached hydrogens (tertiary/aromatic N) is 1. The van der Waals surface area contributed by atoms with E-state index in [-0.39, 0.29) is 34.9 Å². The molecule has 4 bridgehead atoms. The summed E-state index contributed by atoms with van der Waals surface area (Å²) in [6.45, 7) is 7.55. The largest absolute Gasteiger partial charge is 0.504 e. The Bertz CT molecular complexity index is 1440. The maximum Gasteiger partial charge on any atom is 0.338 e. The highest BCUT2D eigenvalue weighted by molar-refractivity contribution is 5.90. The minimum absolute atomic E-state index is 0.107. The molecule has 3 saturated heterocycles.